The van der Waals surface area contributed by atoms with E-state index in [0.717, 1.165) is 0 Å². The Kier molecular flexibility index (Phi) is 5.52. The number of hydrogen-bond donors (Lipinski definition) is 3. The van der Waals surface area contributed by atoms with Crippen LogP contribution >= 0.6 is 11.9 Å². The molecule has 1 unspecified atom stereocenters. The predicted octanol–water partition coefficient (Wildman–Crippen LogP) is 0.0870. The Morgan fingerprint density at radius 3 is 2.75 bits per heavy atom. The Morgan fingerprint density at radius 1 is 1.75 bits per heavy atom. The Bertz CT molecular complexity index is 53.3. The summed E-state index contributed by atoms with van der Waals surface area (Å²) in [6, 6.07) is 0. The van der Waals surface area contributed by atoms with Crippen molar-refractivity contribution in [2.75, 3.05) is 6.26 Å². The van der Waals surface area contributed by atoms with Gasteiger partial charge in [-0.3, -0.25) is 0 Å². The normalized spacial score (nSPS) is 13.9. The first-order chi connectivity index (χ1) is 3.81. The van der Waals surface area contributed by atoms with E-state index in [1.54, 1.807) is 0 Å². The van der Waals surface area contributed by atoms with Crippen molar-refractivity contribution in [3.63, 3.8) is 0 Å². The van der Waals surface area contributed by atoms with Gasteiger partial charge < -0.3 is 5.11 Å². The molecule has 50 valence electrons. The quantitative estimate of drug-likeness (QED) is 0.291. The smallest absolute Gasteiger partial charge is 0.117 e. The van der Waals surface area contributed by atoms with Gasteiger partial charge in [-0.2, -0.15) is 4.83 Å². The van der Waals surface area contributed by atoms with Crippen LogP contribution in [0.4, 0.5) is 0 Å². The Balaban J connectivity index is 2.86. The minimum absolute atomic E-state index is 0.428. The lowest BCUT2D eigenvalue weighted by molar-refractivity contribution is 0.128. The third kappa shape index (κ3) is 4.39. The maximum absolute atomic E-state index is 8.80. The average Bonchev–Trinajstić information content (AvgIpc) is 1.83. The molecule has 0 amide bonds. The highest BCUT2D eigenvalue weighted by atomic mass is 32.2. The van der Waals surface area contributed by atoms with Crippen LogP contribution in [0.1, 0.15) is 13.3 Å². The Labute approximate surface area is 54.0 Å². The van der Waals surface area contributed by atoms with E-state index in [9.17, 15) is 0 Å². The molecule has 0 aliphatic carbocycles. The molecule has 0 aliphatic rings. The largest absolute Gasteiger partial charge is 0.377 e. The summed E-state index contributed by atoms with van der Waals surface area (Å²) >= 11 is 1.42. The third-order valence-corrected chi connectivity index (χ3v) is 1.04. The molecule has 0 aliphatic heterocycles. The van der Waals surface area contributed by atoms with E-state index in [-0.39, 0.29) is 0 Å². The fourth-order valence-electron chi connectivity index (χ4n) is 0.229. The SMILES string of the molecule is CCC(O)NNSC. The van der Waals surface area contributed by atoms with Crippen LogP contribution in [0.3, 0.4) is 0 Å². The monoisotopic (exact) mass is 136 g/mol. The molecule has 0 heterocycles. The van der Waals surface area contributed by atoms with E-state index in [2.05, 4.69) is 10.3 Å². The summed E-state index contributed by atoms with van der Waals surface area (Å²) < 4.78 is 0. The molecule has 0 spiro atoms. The molecule has 0 aromatic rings. The van der Waals surface area contributed by atoms with Gasteiger partial charge in [-0.25, -0.2) is 5.43 Å². The molecule has 0 fully saturated rings. The van der Waals surface area contributed by atoms with Gasteiger partial charge in [0.25, 0.3) is 0 Å². The molecule has 0 rings (SSSR count). The van der Waals surface area contributed by atoms with Crippen molar-refractivity contribution < 1.29 is 5.11 Å². The highest BCUT2D eigenvalue weighted by Gasteiger charge is 1.93. The second kappa shape index (κ2) is 5.37. The zero-order chi connectivity index (χ0) is 6.41. The molecule has 3 N–H and O–H groups in total. The Hall–Kier alpha value is 0.230. The lowest BCUT2D eigenvalue weighted by Gasteiger charge is -2.07. The first kappa shape index (κ1) is 8.23. The van der Waals surface area contributed by atoms with E-state index in [0.29, 0.717) is 6.42 Å². The fraction of sp³-hybridized carbons (Fsp3) is 1.00. The first-order valence-corrected chi connectivity index (χ1v) is 3.75. The first-order valence-electron chi connectivity index (χ1n) is 2.52. The van der Waals surface area contributed by atoms with Crippen LogP contribution in [0.25, 0.3) is 0 Å². The van der Waals surface area contributed by atoms with Crippen LogP contribution in [0.15, 0.2) is 0 Å². The summed E-state index contributed by atoms with van der Waals surface area (Å²) in [4.78, 5) is 2.72. The van der Waals surface area contributed by atoms with Crippen LogP contribution in [-0.2, 0) is 0 Å². The molecule has 8 heavy (non-hydrogen) atoms. The molecular weight excluding hydrogens is 124 g/mol. The Morgan fingerprint density at radius 2 is 2.38 bits per heavy atom. The second-order valence-corrected chi connectivity index (χ2v) is 1.99. The summed E-state index contributed by atoms with van der Waals surface area (Å²) in [7, 11) is 0. The average molecular weight is 136 g/mol. The summed E-state index contributed by atoms with van der Waals surface area (Å²) in [6.45, 7) is 1.90. The van der Waals surface area contributed by atoms with Gasteiger partial charge in [-0.15, -0.1) is 0 Å². The highest BCUT2D eigenvalue weighted by Crippen LogP contribution is 1.83. The minimum Gasteiger partial charge on any atom is -0.377 e. The topological polar surface area (TPSA) is 44.3 Å². The zero-order valence-electron chi connectivity index (χ0n) is 5.14. The maximum Gasteiger partial charge on any atom is 0.117 e. The number of hydrazine groups is 1. The van der Waals surface area contributed by atoms with Crippen molar-refractivity contribution in [2.24, 2.45) is 0 Å². The molecule has 0 bridgehead atoms. The predicted molar refractivity (Wildman–Crippen MR) is 36.1 cm³/mol. The van der Waals surface area contributed by atoms with E-state index in [4.69, 9.17) is 5.11 Å². The standard InChI is InChI=1S/C4H12N2OS/c1-3-4(7)5-6-8-2/h4-7H,3H2,1-2H3. The van der Waals surface area contributed by atoms with Crippen molar-refractivity contribution in [2.45, 2.75) is 19.6 Å². The molecule has 3 nitrogen and oxygen atoms in total. The third-order valence-electron chi connectivity index (χ3n) is 0.714. The van der Waals surface area contributed by atoms with E-state index < -0.39 is 6.23 Å². The zero-order valence-corrected chi connectivity index (χ0v) is 5.96. The van der Waals surface area contributed by atoms with Crippen LogP contribution in [0, 0.1) is 0 Å². The van der Waals surface area contributed by atoms with Crippen molar-refractivity contribution in [3.8, 4) is 0 Å². The van der Waals surface area contributed by atoms with Crippen LogP contribution < -0.4 is 10.3 Å². The maximum atomic E-state index is 8.80. The molecule has 1 atom stereocenters. The van der Waals surface area contributed by atoms with Gasteiger partial charge in [-0.1, -0.05) is 18.9 Å². The lowest BCUT2D eigenvalue weighted by Crippen LogP contribution is -2.35. The summed E-state index contributed by atoms with van der Waals surface area (Å²) in [5.41, 5.74) is 2.65. The molecule has 0 aromatic heterocycles. The summed E-state index contributed by atoms with van der Waals surface area (Å²) in [5, 5.41) is 8.80. The number of nitrogens with one attached hydrogen (secondary N) is 2. The summed E-state index contributed by atoms with van der Waals surface area (Å²) in [5.74, 6) is 0. The highest BCUT2D eigenvalue weighted by molar-refractivity contribution is 7.96. The van der Waals surface area contributed by atoms with Gasteiger partial charge in [0.1, 0.15) is 6.23 Å². The van der Waals surface area contributed by atoms with Gasteiger partial charge in [-0.05, 0) is 12.7 Å². The summed E-state index contributed by atoms with van der Waals surface area (Å²) in [6.07, 6.45) is 2.17. The van der Waals surface area contributed by atoms with Crippen LogP contribution in [-0.4, -0.2) is 17.6 Å². The van der Waals surface area contributed by atoms with Crippen LogP contribution in [0.5, 0.6) is 0 Å². The fourth-order valence-corrected chi connectivity index (χ4v) is 0.483. The van der Waals surface area contributed by atoms with E-state index in [1.807, 2.05) is 13.2 Å². The second-order valence-electron chi connectivity index (χ2n) is 1.37. The van der Waals surface area contributed by atoms with E-state index in [1.165, 1.54) is 11.9 Å². The number of hydrogen-bond acceptors (Lipinski definition) is 4. The number of aliphatic hydroxyl groups is 1. The van der Waals surface area contributed by atoms with E-state index >= 15 is 0 Å². The van der Waals surface area contributed by atoms with Gasteiger partial charge in [0.2, 0.25) is 0 Å². The molecular formula is C4H12N2OS. The van der Waals surface area contributed by atoms with Gasteiger partial charge in [0, 0.05) is 0 Å². The van der Waals surface area contributed by atoms with Crippen LogP contribution in [0.2, 0.25) is 0 Å². The van der Waals surface area contributed by atoms with Gasteiger partial charge in [0.05, 0.1) is 0 Å². The van der Waals surface area contributed by atoms with Gasteiger partial charge >= 0.3 is 0 Å². The van der Waals surface area contributed by atoms with Crippen molar-refractivity contribution in [3.05, 3.63) is 0 Å². The minimum atomic E-state index is -0.428. The lowest BCUT2D eigenvalue weighted by atomic mass is 10.4. The molecule has 4 heteroatoms. The molecule has 0 aromatic carbocycles. The van der Waals surface area contributed by atoms with Crippen molar-refractivity contribution >= 4 is 11.9 Å². The van der Waals surface area contributed by atoms with Crippen molar-refractivity contribution in [1.82, 2.24) is 10.3 Å². The van der Waals surface area contributed by atoms with Crippen molar-refractivity contribution in [1.29, 1.82) is 0 Å². The van der Waals surface area contributed by atoms with Gasteiger partial charge in [0.15, 0.2) is 0 Å². The number of aliphatic hydroxyl groups excluding tert-OH is 1. The molecule has 0 radical (unpaired) electrons. The molecule has 0 saturated heterocycles. The number of rotatable bonds is 4. The molecule has 0 saturated carbocycles.